The van der Waals surface area contributed by atoms with Gasteiger partial charge in [-0.25, -0.2) is 0 Å². The van der Waals surface area contributed by atoms with Crippen molar-refractivity contribution in [3.8, 4) is 0 Å². The van der Waals surface area contributed by atoms with Crippen LogP contribution in [0.15, 0.2) is 0 Å². The van der Waals surface area contributed by atoms with Gasteiger partial charge in [0.2, 0.25) is 0 Å². The third-order valence-corrected chi connectivity index (χ3v) is 6.17. The largest absolute Gasteiger partial charge is 0.469 e. The molecule has 15 heavy (non-hydrogen) atoms. The SMILES string of the molecule is COC(=O)[C@@]12[C@H]3[C@@H]4[C@@H]5CC(=O)[C@H]([C@@H]43)[C@@H]1[C@H]52. The number of rotatable bonds is 1. The van der Waals surface area contributed by atoms with Crippen molar-refractivity contribution >= 4 is 11.8 Å². The van der Waals surface area contributed by atoms with E-state index in [0.717, 1.165) is 12.3 Å². The Hall–Kier alpha value is -0.860. The van der Waals surface area contributed by atoms with Gasteiger partial charge in [-0.2, -0.15) is 0 Å². The van der Waals surface area contributed by atoms with E-state index in [9.17, 15) is 9.59 Å². The summed E-state index contributed by atoms with van der Waals surface area (Å²) in [5.41, 5.74) is -0.161. The van der Waals surface area contributed by atoms with Crippen LogP contribution in [0.5, 0.6) is 0 Å². The van der Waals surface area contributed by atoms with Gasteiger partial charge in [0, 0.05) is 12.3 Å². The fourth-order valence-electron chi connectivity index (χ4n) is 6.17. The summed E-state index contributed by atoms with van der Waals surface area (Å²) in [4.78, 5) is 23.8. The summed E-state index contributed by atoms with van der Waals surface area (Å²) in [6, 6.07) is 0. The molecule has 8 atom stereocenters. The third kappa shape index (κ3) is 0.436. The second-order valence-corrected chi connectivity index (χ2v) is 6.02. The maximum Gasteiger partial charge on any atom is 0.312 e. The van der Waals surface area contributed by atoms with Crippen LogP contribution in [0.3, 0.4) is 0 Å². The van der Waals surface area contributed by atoms with Crippen LogP contribution in [0, 0.1) is 46.8 Å². The van der Waals surface area contributed by atoms with E-state index in [0.29, 0.717) is 35.4 Å². The van der Waals surface area contributed by atoms with Gasteiger partial charge in [0.15, 0.2) is 0 Å². The Labute approximate surface area is 87.2 Å². The van der Waals surface area contributed by atoms with Crippen molar-refractivity contribution in [1.29, 1.82) is 0 Å². The van der Waals surface area contributed by atoms with Crippen LogP contribution in [0.1, 0.15) is 6.42 Å². The Balaban J connectivity index is 1.72. The number of hydrogen-bond donors (Lipinski definition) is 0. The molecule has 78 valence electrons. The van der Waals surface area contributed by atoms with Gasteiger partial charge in [0.25, 0.3) is 0 Å². The van der Waals surface area contributed by atoms with E-state index >= 15 is 0 Å². The van der Waals surface area contributed by atoms with Gasteiger partial charge in [0.05, 0.1) is 12.5 Å². The minimum absolute atomic E-state index is 0.00491. The highest BCUT2D eigenvalue weighted by molar-refractivity contribution is 5.95. The van der Waals surface area contributed by atoms with Gasteiger partial charge in [-0.3, -0.25) is 9.59 Å². The lowest BCUT2D eigenvalue weighted by Gasteiger charge is -2.32. The molecule has 6 aliphatic rings. The van der Waals surface area contributed by atoms with Crippen LogP contribution >= 0.6 is 0 Å². The number of ketones is 1. The average molecular weight is 204 g/mol. The van der Waals surface area contributed by atoms with Crippen LogP contribution < -0.4 is 0 Å². The molecule has 6 rings (SSSR count). The number of carbonyl (C=O) groups is 2. The number of hydrogen-bond acceptors (Lipinski definition) is 3. The van der Waals surface area contributed by atoms with Crippen molar-refractivity contribution < 1.29 is 14.3 Å². The van der Waals surface area contributed by atoms with E-state index in [1.165, 1.54) is 7.11 Å². The van der Waals surface area contributed by atoms with Crippen LogP contribution in [0.4, 0.5) is 0 Å². The Morgan fingerprint density at radius 3 is 2.73 bits per heavy atom. The number of carbonyl (C=O) groups excluding carboxylic acids is 2. The summed E-state index contributed by atoms with van der Waals surface area (Å²) in [6.07, 6.45) is 0.766. The van der Waals surface area contributed by atoms with Crippen molar-refractivity contribution in [2.75, 3.05) is 7.11 Å². The van der Waals surface area contributed by atoms with Gasteiger partial charge in [-0.05, 0) is 35.5 Å². The predicted octanol–water partition coefficient (Wildman–Crippen LogP) is 0.486. The maximum absolute atomic E-state index is 11.9. The first kappa shape index (κ1) is 7.42. The molecule has 0 amide bonds. The minimum Gasteiger partial charge on any atom is -0.469 e. The number of esters is 1. The molecule has 0 radical (unpaired) electrons. The summed E-state index contributed by atoms with van der Waals surface area (Å²) in [7, 11) is 1.49. The lowest BCUT2D eigenvalue weighted by atomic mass is 9.70. The number of Topliss-reactive ketones (excluding diaryl/α,β-unsaturated/α-hetero) is 1. The van der Waals surface area contributed by atoms with Crippen LogP contribution in [0.2, 0.25) is 0 Å². The topological polar surface area (TPSA) is 43.4 Å². The molecule has 0 saturated heterocycles. The van der Waals surface area contributed by atoms with Gasteiger partial charge >= 0.3 is 5.97 Å². The van der Waals surface area contributed by atoms with Crippen molar-refractivity contribution in [2.24, 2.45) is 46.8 Å². The van der Waals surface area contributed by atoms with E-state index < -0.39 is 0 Å². The van der Waals surface area contributed by atoms with Gasteiger partial charge < -0.3 is 4.74 Å². The molecule has 0 spiro atoms. The van der Waals surface area contributed by atoms with Crippen molar-refractivity contribution in [3.05, 3.63) is 0 Å². The molecule has 0 aromatic rings. The van der Waals surface area contributed by atoms with Crippen LogP contribution in [-0.4, -0.2) is 18.9 Å². The lowest BCUT2D eigenvalue weighted by molar-refractivity contribution is -0.148. The first-order valence-electron chi connectivity index (χ1n) is 5.85. The minimum atomic E-state index is -0.161. The van der Waals surface area contributed by atoms with Gasteiger partial charge in [-0.15, -0.1) is 0 Å². The zero-order chi connectivity index (χ0) is 10.1. The molecule has 0 aliphatic heterocycles. The van der Waals surface area contributed by atoms with Crippen molar-refractivity contribution in [1.82, 2.24) is 0 Å². The molecule has 0 aromatic heterocycles. The standard InChI is InChI=1S/C12H12O3/c1-15-11(14)12-8-3-2-4(13)6(10(8)12)7-5(3)9(7)12/h3,5-10H,2H2,1H3/t3-,5+,6+,7+,8-,9-,10+,12-/m0/s1. The number of fused-ring (bicyclic) bond motifs is 1. The summed E-state index contributed by atoms with van der Waals surface area (Å²) in [5, 5.41) is 0. The predicted molar refractivity (Wildman–Crippen MR) is 48.5 cm³/mol. The third-order valence-electron chi connectivity index (χ3n) is 6.17. The Morgan fingerprint density at radius 2 is 2.13 bits per heavy atom. The van der Waals surface area contributed by atoms with Gasteiger partial charge in [-0.1, -0.05) is 0 Å². The molecule has 2 bridgehead atoms. The highest BCUT2D eigenvalue weighted by Gasteiger charge is 2.99. The van der Waals surface area contributed by atoms with E-state index in [1.54, 1.807) is 0 Å². The molecule has 0 aromatic carbocycles. The summed E-state index contributed by atoms with van der Waals surface area (Å²) in [6.45, 7) is 0. The second-order valence-electron chi connectivity index (χ2n) is 6.02. The summed E-state index contributed by atoms with van der Waals surface area (Å²) < 4.78 is 4.98. The number of ether oxygens (including phenoxy) is 1. The fourth-order valence-corrected chi connectivity index (χ4v) is 6.17. The van der Waals surface area contributed by atoms with E-state index in [4.69, 9.17) is 4.74 Å². The maximum atomic E-state index is 11.9. The monoisotopic (exact) mass is 204 g/mol. The smallest absolute Gasteiger partial charge is 0.312 e. The zero-order valence-electron chi connectivity index (χ0n) is 8.47. The Morgan fingerprint density at radius 1 is 1.33 bits per heavy atom. The molecular formula is C12H12O3. The quantitative estimate of drug-likeness (QED) is 0.584. The van der Waals surface area contributed by atoms with E-state index in [-0.39, 0.29) is 17.3 Å². The van der Waals surface area contributed by atoms with Crippen LogP contribution in [0.25, 0.3) is 0 Å². The van der Waals surface area contributed by atoms with Crippen LogP contribution in [-0.2, 0) is 14.3 Å². The zero-order valence-corrected chi connectivity index (χ0v) is 8.47. The molecule has 0 unspecified atom stereocenters. The van der Waals surface area contributed by atoms with Crippen molar-refractivity contribution in [3.63, 3.8) is 0 Å². The average Bonchev–Trinajstić information content (AvgIpc) is 3.06. The molecule has 6 aliphatic carbocycles. The summed E-state index contributed by atoms with van der Waals surface area (Å²) in [5.74, 6) is 4.05. The molecule has 0 heterocycles. The van der Waals surface area contributed by atoms with Crippen molar-refractivity contribution in [2.45, 2.75) is 6.42 Å². The highest BCUT2D eigenvalue weighted by Crippen LogP contribution is 2.96. The summed E-state index contributed by atoms with van der Waals surface area (Å²) >= 11 is 0. The van der Waals surface area contributed by atoms with E-state index in [1.807, 2.05) is 0 Å². The second kappa shape index (κ2) is 1.66. The fraction of sp³-hybridized carbons (Fsp3) is 0.833. The molecule has 3 nitrogen and oxygen atoms in total. The molecule has 6 saturated carbocycles. The Bertz CT molecular complexity index is 438. The highest BCUT2D eigenvalue weighted by atomic mass is 16.5. The van der Waals surface area contributed by atoms with E-state index in [2.05, 4.69) is 0 Å². The van der Waals surface area contributed by atoms with Gasteiger partial charge in [0.1, 0.15) is 5.78 Å². The molecule has 3 heteroatoms. The molecular weight excluding hydrogens is 192 g/mol. The first-order valence-corrected chi connectivity index (χ1v) is 5.85. The Kier molecular flexibility index (Phi) is 0.822. The first-order chi connectivity index (χ1) is 7.24. The molecule has 0 N–H and O–H groups in total. The lowest BCUT2D eigenvalue weighted by Crippen LogP contribution is -2.35. The normalized spacial score (nSPS) is 69.4. The number of methoxy groups -OCH3 is 1. The molecule has 6 fully saturated rings.